The van der Waals surface area contributed by atoms with Crippen molar-refractivity contribution in [2.75, 3.05) is 0 Å². The summed E-state index contributed by atoms with van der Waals surface area (Å²) in [6, 6.07) is 11.7. The first-order valence-corrected chi connectivity index (χ1v) is 11.1. The summed E-state index contributed by atoms with van der Waals surface area (Å²) in [6.45, 7) is 5.60. The molecule has 6 heteroatoms. The lowest BCUT2D eigenvalue weighted by Crippen LogP contribution is -2.23. The first-order chi connectivity index (χ1) is 14.3. The average Bonchev–Trinajstić information content (AvgIpc) is 3.39. The van der Waals surface area contributed by atoms with E-state index in [4.69, 9.17) is 4.74 Å². The van der Waals surface area contributed by atoms with Gasteiger partial charge in [0.05, 0.1) is 23.5 Å². The predicted octanol–water partition coefficient (Wildman–Crippen LogP) is 6.05. The van der Waals surface area contributed by atoms with Crippen LogP contribution in [-0.2, 0) is 4.74 Å². The van der Waals surface area contributed by atoms with Crippen LogP contribution in [0.2, 0.25) is 0 Å². The summed E-state index contributed by atoms with van der Waals surface area (Å²) in [7, 11) is 0. The first kappa shape index (κ1) is 20.8. The van der Waals surface area contributed by atoms with Crippen molar-refractivity contribution in [1.82, 2.24) is 14.8 Å². The lowest BCUT2D eigenvalue weighted by atomic mass is 10.1. The molecule has 5 nitrogen and oxygen atoms in total. The van der Waals surface area contributed by atoms with Crippen molar-refractivity contribution in [2.24, 2.45) is 5.92 Å². The maximum Gasteiger partial charge on any atom is 0.338 e. The molecular weight excluding hydrogens is 442 g/mol. The van der Waals surface area contributed by atoms with Crippen LogP contribution in [0.5, 0.6) is 0 Å². The second-order valence-corrected chi connectivity index (χ2v) is 9.80. The zero-order valence-corrected chi connectivity index (χ0v) is 19.1. The topological polar surface area (TPSA) is 57.0 Å². The van der Waals surface area contributed by atoms with Crippen LogP contribution in [0.4, 0.5) is 0 Å². The van der Waals surface area contributed by atoms with Crippen LogP contribution >= 0.6 is 15.9 Å². The molecular formula is C24H26BrN3O2. The largest absolute Gasteiger partial charge is 0.456 e. The van der Waals surface area contributed by atoms with Crippen molar-refractivity contribution in [3.63, 3.8) is 0 Å². The van der Waals surface area contributed by atoms with Gasteiger partial charge in [-0.15, -0.1) is 0 Å². The minimum atomic E-state index is -0.505. The van der Waals surface area contributed by atoms with E-state index in [1.807, 2.05) is 56.0 Å². The molecule has 3 aromatic rings. The number of benzene rings is 1. The van der Waals surface area contributed by atoms with Crippen LogP contribution in [0.1, 0.15) is 62.1 Å². The van der Waals surface area contributed by atoms with Crippen LogP contribution in [-0.4, -0.2) is 26.3 Å². The highest BCUT2D eigenvalue weighted by Gasteiger charge is 2.28. The van der Waals surface area contributed by atoms with Gasteiger partial charge in [0.25, 0.3) is 0 Å². The highest BCUT2D eigenvalue weighted by molar-refractivity contribution is 9.10. The standard InChI is InChI=1S/C24H26BrN3O2/c1-24(2,3)30-23(29)18-8-6-17(7-9-18)19-13-27-28(15-19)22(12-16-4-5-16)21-11-10-20(25)14-26-21/h6-11,13-16,22H,4-5,12H2,1-3H3. The Bertz CT molecular complexity index is 1020. The minimum Gasteiger partial charge on any atom is -0.456 e. The molecule has 1 atom stereocenters. The van der Waals surface area contributed by atoms with Crippen molar-refractivity contribution in [3.8, 4) is 11.1 Å². The van der Waals surface area contributed by atoms with Gasteiger partial charge in [0.1, 0.15) is 5.60 Å². The highest BCUT2D eigenvalue weighted by atomic mass is 79.9. The van der Waals surface area contributed by atoms with Gasteiger partial charge in [0.15, 0.2) is 0 Å². The molecule has 30 heavy (non-hydrogen) atoms. The number of carbonyl (C=O) groups is 1. The lowest BCUT2D eigenvalue weighted by Gasteiger charge is -2.19. The number of hydrogen-bond donors (Lipinski definition) is 0. The molecule has 0 spiro atoms. The maximum absolute atomic E-state index is 12.2. The van der Waals surface area contributed by atoms with Crippen molar-refractivity contribution in [3.05, 3.63) is 70.7 Å². The number of aromatic nitrogens is 3. The van der Waals surface area contributed by atoms with Crippen LogP contribution in [0.3, 0.4) is 0 Å². The van der Waals surface area contributed by atoms with E-state index in [0.29, 0.717) is 5.56 Å². The van der Waals surface area contributed by atoms with E-state index < -0.39 is 5.60 Å². The molecule has 0 N–H and O–H groups in total. The highest BCUT2D eigenvalue weighted by Crippen LogP contribution is 2.39. The Labute approximate surface area is 185 Å². The minimum absolute atomic E-state index is 0.125. The Morgan fingerprint density at radius 1 is 1.13 bits per heavy atom. The Morgan fingerprint density at radius 3 is 2.47 bits per heavy atom. The van der Waals surface area contributed by atoms with Crippen molar-refractivity contribution in [2.45, 2.75) is 51.7 Å². The fraction of sp³-hybridized carbons (Fsp3) is 0.375. The molecule has 156 valence electrons. The molecule has 1 saturated carbocycles. The number of esters is 1. The van der Waals surface area contributed by atoms with Gasteiger partial charge in [-0.2, -0.15) is 5.10 Å². The van der Waals surface area contributed by atoms with Gasteiger partial charge in [-0.3, -0.25) is 9.67 Å². The summed E-state index contributed by atoms with van der Waals surface area (Å²) in [5.74, 6) is 0.441. The Hall–Kier alpha value is -2.47. The summed E-state index contributed by atoms with van der Waals surface area (Å²) >= 11 is 3.46. The monoisotopic (exact) mass is 467 g/mol. The van der Waals surface area contributed by atoms with E-state index in [-0.39, 0.29) is 12.0 Å². The van der Waals surface area contributed by atoms with E-state index in [0.717, 1.165) is 33.6 Å². The number of pyridine rings is 1. The second-order valence-electron chi connectivity index (χ2n) is 8.88. The molecule has 0 aliphatic heterocycles. The van der Waals surface area contributed by atoms with Gasteiger partial charge in [0, 0.05) is 22.4 Å². The lowest BCUT2D eigenvalue weighted by molar-refractivity contribution is 0.00695. The van der Waals surface area contributed by atoms with Gasteiger partial charge in [-0.05, 0) is 78.9 Å². The van der Waals surface area contributed by atoms with Gasteiger partial charge in [-0.25, -0.2) is 4.79 Å². The number of ether oxygens (including phenoxy) is 1. The summed E-state index contributed by atoms with van der Waals surface area (Å²) in [6.07, 6.45) is 9.41. The third kappa shape index (κ3) is 5.17. The average molecular weight is 468 g/mol. The summed E-state index contributed by atoms with van der Waals surface area (Å²) < 4.78 is 8.43. The Balaban J connectivity index is 1.54. The molecule has 0 saturated heterocycles. The zero-order chi connectivity index (χ0) is 21.3. The number of carbonyl (C=O) groups excluding carboxylic acids is 1. The van der Waals surface area contributed by atoms with Crippen LogP contribution in [0.25, 0.3) is 11.1 Å². The second kappa shape index (κ2) is 8.34. The maximum atomic E-state index is 12.2. The SMILES string of the molecule is CC(C)(C)OC(=O)c1ccc(-c2cnn(C(CC3CC3)c3ccc(Br)cn3)c2)cc1. The Morgan fingerprint density at radius 2 is 1.87 bits per heavy atom. The predicted molar refractivity (Wildman–Crippen MR) is 120 cm³/mol. The van der Waals surface area contributed by atoms with Gasteiger partial charge in [-0.1, -0.05) is 25.0 Å². The fourth-order valence-electron chi connectivity index (χ4n) is 3.41. The normalized spacial score (nSPS) is 15.1. The summed E-state index contributed by atoms with van der Waals surface area (Å²) in [4.78, 5) is 16.9. The smallest absolute Gasteiger partial charge is 0.338 e. The van der Waals surface area contributed by atoms with Crippen molar-refractivity contribution < 1.29 is 9.53 Å². The number of rotatable bonds is 6. The molecule has 1 fully saturated rings. The van der Waals surface area contributed by atoms with E-state index in [1.54, 1.807) is 12.1 Å². The quantitative estimate of drug-likeness (QED) is 0.413. The molecule has 0 bridgehead atoms. The molecule has 4 rings (SSSR count). The molecule has 2 heterocycles. The fourth-order valence-corrected chi connectivity index (χ4v) is 3.65. The third-order valence-electron chi connectivity index (χ3n) is 5.12. The molecule has 0 radical (unpaired) electrons. The molecule has 2 aromatic heterocycles. The van der Waals surface area contributed by atoms with E-state index in [1.165, 1.54) is 12.8 Å². The van der Waals surface area contributed by atoms with Crippen LogP contribution in [0.15, 0.2) is 59.5 Å². The van der Waals surface area contributed by atoms with Gasteiger partial charge < -0.3 is 4.74 Å². The number of hydrogen-bond acceptors (Lipinski definition) is 4. The van der Waals surface area contributed by atoms with Crippen LogP contribution < -0.4 is 0 Å². The number of halogens is 1. The molecule has 1 aliphatic rings. The van der Waals surface area contributed by atoms with Gasteiger partial charge in [0.2, 0.25) is 0 Å². The van der Waals surface area contributed by atoms with E-state index >= 15 is 0 Å². The van der Waals surface area contributed by atoms with Crippen molar-refractivity contribution in [1.29, 1.82) is 0 Å². The Kier molecular flexibility index (Phi) is 5.78. The molecule has 0 amide bonds. The first-order valence-electron chi connectivity index (χ1n) is 10.3. The summed E-state index contributed by atoms with van der Waals surface area (Å²) in [5.41, 5.74) is 3.10. The molecule has 1 aromatic carbocycles. The summed E-state index contributed by atoms with van der Waals surface area (Å²) in [5, 5.41) is 4.65. The van der Waals surface area contributed by atoms with Crippen LogP contribution in [0, 0.1) is 5.92 Å². The molecule has 1 unspecified atom stereocenters. The van der Waals surface area contributed by atoms with E-state index in [9.17, 15) is 4.79 Å². The zero-order valence-electron chi connectivity index (χ0n) is 17.5. The number of nitrogens with zero attached hydrogens (tertiary/aromatic N) is 3. The van der Waals surface area contributed by atoms with Crippen molar-refractivity contribution >= 4 is 21.9 Å². The van der Waals surface area contributed by atoms with E-state index in [2.05, 4.69) is 38.3 Å². The third-order valence-corrected chi connectivity index (χ3v) is 5.59. The molecule has 1 aliphatic carbocycles. The van der Waals surface area contributed by atoms with Gasteiger partial charge >= 0.3 is 5.97 Å².